The van der Waals surface area contributed by atoms with Gasteiger partial charge in [-0.2, -0.15) is 5.26 Å². The van der Waals surface area contributed by atoms with E-state index in [9.17, 15) is 5.26 Å². The van der Waals surface area contributed by atoms with Gasteiger partial charge >= 0.3 is 0 Å². The number of rotatable bonds is 4. The van der Waals surface area contributed by atoms with Crippen molar-refractivity contribution in [2.45, 2.75) is 18.5 Å². The zero-order valence-corrected chi connectivity index (χ0v) is 14.8. The van der Waals surface area contributed by atoms with Crippen molar-refractivity contribution < 1.29 is 0 Å². The monoisotopic (exact) mass is 340 g/mol. The van der Waals surface area contributed by atoms with Crippen molar-refractivity contribution >= 4 is 23.4 Å². The molecule has 0 bridgehead atoms. The van der Waals surface area contributed by atoms with Crippen LogP contribution in [0.3, 0.4) is 0 Å². The van der Waals surface area contributed by atoms with E-state index in [4.69, 9.17) is 0 Å². The average Bonchev–Trinajstić information content (AvgIpc) is 2.67. The van der Waals surface area contributed by atoms with Gasteiger partial charge in [-0.15, -0.1) is 0 Å². The Morgan fingerprint density at radius 2 is 1.96 bits per heavy atom. The van der Waals surface area contributed by atoms with Crippen LogP contribution in [0.25, 0.3) is 0 Å². The first-order chi connectivity index (χ1) is 11.7. The average molecular weight is 340 g/mol. The molecule has 0 radical (unpaired) electrons. The van der Waals surface area contributed by atoms with Crippen LogP contribution in [0.15, 0.2) is 29.6 Å². The van der Waals surface area contributed by atoms with E-state index in [0.29, 0.717) is 5.56 Å². The van der Waals surface area contributed by atoms with Crippen LogP contribution in [0.2, 0.25) is 0 Å². The molecule has 3 rings (SSSR count). The Hall–Kier alpha value is -2.33. The molecule has 2 aromatic rings. The van der Waals surface area contributed by atoms with E-state index in [0.717, 1.165) is 55.1 Å². The predicted octanol–water partition coefficient (Wildman–Crippen LogP) is 2.35. The zero-order valence-electron chi connectivity index (χ0n) is 13.9. The Morgan fingerprint density at radius 3 is 2.62 bits per heavy atom. The maximum Gasteiger partial charge on any atom is 0.189 e. The fourth-order valence-corrected chi connectivity index (χ4v) is 3.17. The van der Waals surface area contributed by atoms with Gasteiger partial charge in [0.15, 0.2) is 5.16 Å². The molecule has 0 saturated carbocycles. The van der Waals surface area contributed by atoms with Gasteiger partial charge in [-0.25, -0.2) is 15.0 Å². The van der Waals surface area contributed by atoms with E-state index < -0.39 is 0 Å². The number of nitriles is 1. The molecule has 24 heavy (non-hydrogen) atoms. The standard InChI is InChI=1S/C17H20N6S/c1-3-14-11-15(21-17(20-14)24-2)22-7-9-23(10-8-22)16-13(12-18)5-4-6-19-16/h4-6,11H,3,7-10H2,1-2H3. The Labute approximate surface area is 146 Å². The molecule has 6 nitrogen and oxygen atoms in total. The van der Waals surface area contributed by atoms with Crippen molar-refractivity contribution in [1.29, 1.82) is 5.26 Å². The Morgan fingerprint density at radius 1 is 1.21 bits per heavy atom. The number of hydrogen-bond donors (Lipinski definition) is 0. The van der Waals surface area contributed by atoms with E-state index in [2.05, 4.69) is 43.8 Å². The molecular formula is C17H20N6S. The highest BCUT2D eigenvalue weighted by molar-refractivity contribution is 7.98. The molecule has 2 aromatic heterocycles. The van der Waals surface area contributed by atoms with Crippen LogP contribution in [0.5, 0.6) is 0 Å². The molecule has 1 aliphatic rings. The fraction of sp³-hybridized carbons (Fsp3) is 0.412. The molecule has 0 unspecified atom stereocenters. The molecule has 0 atom stereocenters. The summed E-state index contributed by atoms with van der Waals surface area (Å²) in [4.78, 5) is 18.0. The normalized spacial score (nSPS) is 14.5. The summed E-state index contributed by atoms with van der Waals surface area (Å²) in [5, 5.41) is 10.1. The Bertz CT molecular complexity index is 727. The maximum atomic E-state index is 9.25. The first kappa shape index (κ1) is 16.5. The number of piperazine rings is 1. The van der Waals surface area contributed by atoms with Gasteiger partial charge in [-0.1, -0.05) is 18.7 Å². The highest BCUT2D eigenvalue weighted by Gasteiger charge is 2.21. The summed E-state index contributed by atoms with van der Waals surface area (Å²) >= 11 is 1.57. The largest absolute Gasteiger partial charge is 0.353 e. The van der Waals surface area contributed by atoms with Gasteiger partial charge in [-0.05, 0) is 24.8 Å². The van der Waals surface area contributed by atoms with Gasteiger partial charge in [-0.3, -0.25) is 0 Å². The number of anilines is 2. The molecule has 7 heteroatoms. The van der Waals surface area contributed by atoms with Crippen LogP contribution in [-0.2, 0) is 6.42 Å². The molecule has 1 saturated heterocycles. The number of pyridine rings is 1. The van der Waals surface area contributed by atoms with Crippen LogP contribution in [0.4, 0.5) is 11.6 Å². The topological polar surface area (TPSA) is 68.9 Å². The first-order valence-corrected chi connectivity index (χ1v) is 9.24. The Balaban J connectivity index is 1.75. The van der Waals surface area contributed by atoms with Crippen LogP contribution in [0.1, 0.15) is 18.2 Å². The SMILES string of the molecule is CCc1cc(N2CCN(c3ncccc3C#N)CC2)nc(SC)n1. The second-order valence-electron chi connectivity index (χ2n) is 5.52. The van der Waals surface area contributed by atoms with Gasteiger partial charge in [0, 0.05) is 44.1 Å². The lowest BCUT2D eigenvalue weighted by molar-refractivity contribution is 0.636. The quantitative estimate of drug-likeness (QED) is 0.625. The molecular weight excluding hydrogens is 320 g/mol. The van der Waals surface area contributed by atoms with Crippen LogP contribution >= 0.6 is 11.8 Å². The van der Waals surface area contributed by atoms with Crippen molar-refractivity contribution in [3.05, 3.63) is 35.7 Å². The number of hydrogen-bond acceptors (Lipinski definition) is 7. The lowest BCUT2D eigenvalue weighted by Crippen LogP contribution is -2.47. The van der Waals surface area contributed by atoms with Crippen molar-refractivity contribution in [1.82, 2.24) is 15.0 Å². The maximum absolute atomic E-state index is 9.25. The summed E-state index contributed by atoms with van der Waals surface area (Å²) in [5.41, 5.74) is 1.70. The molecule has 3 heterocycles. The highest BCUT2D eigenvalue weighted by Crippen LogP contribution is 2.22. The molecule has 0 aliphatic carbocycles. The zero-order chi connectivity index (χ0) is 16.9. The van der Waals surface area contributed by atoms with Crippen molar-refractivity contribution in [3.8, 4) is 6.07 Å². The number of thioether (sulfide) groups is 1. The molecule has 1 fully saturated rings. The molecule has 1 aliphatic heterocycles. The van der Waals surface area contributed by atoms with Gasteiger partial charge in [0.1, 0.15) is 17.7 Å². The van der Waals surface area contributed by atoms with Crippen LogP contribution < -0.4 is 9.80 Å². The number of nitrogens with zero attached hydrogens (tertiary/aromatic N) is 6. The third-order valence-corrected chi connectivity index (χ3v) is 4.65. The fourth-order valence-electron chi connectivity index (χ4n) is 2.78. The highest BCUT2D eigenvalue weighted by atomic mass is 32.2. The summed E-state index contributed by atoms with van der Waals surface area (Å²) in [6.45, 7) is 5.47. The lowest BCUT2D eigenvalue weighted by Gasteiger charge is -2.36. The summed E-state index contributed by atoms with van der Waals surface area (Å²) < 4.78 is 0. The third-order valence-electron chi connectivity index (χ3n) is 4.10. The number of aromatic nitrogens is 3. The first-order valence-electron chi connectivity index (χ1n) is 8.02. The van der Waals surface area contributed by atoms with Gasteiger partial charge in [0.2, 0.25) is 0 Å². The molecule has 0 amide bonds. The minimum absolute atomic E-state index is 0.630. The van der Waals surface area contributed by atoms with Crippen LogP contribution in [0, 0.1) is 11.3 Å². The molecule has 124 valence electrons. The molecule has 0 spiro atoms. The van der Waals surface area contributed by atoms with Gasteiger partial charge < -0.3 is 9.80 Å². The lowest BCUT2D eigenvalue weighted by atomic mass is 10.2. The third kappa shape index (κ3) is 3.44. The second kappa shape index (κ2) is 7.49. The van der Waals surface area contributed by atoms with E-state index >= 15 is 0 Å². The Kier molecular flexibility index (Phi) is 5.16. The van der Waals surface area contributed by atoms with Crippen molar-refractivity contribution in [2.75, 3.05) is 42.2 Å². The van der Waals surface area contributed by atoms with E-state index in [1.165, 1.54) is 0 Å². The van der Waals surface area contributed by atoms with Crippen LogP contribution in [-0.4, -0.2) is 47.4 Å². The van der Waals surface area contributed by atoms with Gasteiger partial charge in [0.05, 0.1) is 5.56 Å². The number of aryl methyl sites for hydroxylation is 1. The summed E-state index contributed by atoms with van der Waals surface area (Å²) in [5.74, 6) is 1.77. The van der Waals surface area contributed by atoms with Gasteiger partial charge in [0.25, 0.3) is 0 Å². The molecule has 0 aromatic carbocycles. The summed E-state index contributed by atoms with van der Waals surface area (Å²) in [6.07, 6.45) is 4.65. The minimum Gasteiger partial charge on any atom is -0.353 e. The van der Waals surface area contributed by atoms with Crippen molar-refractivity contribution in [2.24, 2.45) is 0 Å². The second-order valence-corrected chi connectivity index (χ2v) is 6.29. The van der Waals surface area contributed by atoms with E-state index in [-0.39, 0.29) is 0 Å². The van der Waals surface area contributed by atoms with E-state index in [1.807, 2.05) is 12.3 Å². The minimum atomic E-state index is 0.630. The summed E-state index contributed by atoms with van der Waals surface area (Å²) in [7, 11) is 0. The summed E-state index contributed by atoms with van der Waals surface area (Å²) in [6, 6.07) is 7.92. The molecule has 0 N–H and O–H groups in total. The van der Waals surface area contributed by atoms with E-state index in [1.54, 1.807) is 24.0 Å². The van der Waals surface area contributed by atoms with Crippen molar-refractivity contribution in [3.63, 3.8) is 0 Å². The smallest absolute Gasteiger partial charge is 0.189 e. The predicted molar refractivity (Wildman–Crippen MR) is 96.6 cm³/mol.